The molecule has 0 spiro atoms. The summed E-state index contributed by atoms with van der Waals surface area (Å²) < 4.78 is 16.9. The molecule has 210 valence electrons. The molecule has 0 saturated carbocycles. The van der Waals surface area contributed by atoms with E-state index in [1.807, 2.05) is 26.8 Å². The SMILES string of the molecule is COCC1(C)C=C(c2nc(-c3ccc4c(c3)CN(CCC(=O)OC(C)(C)C)CC4)no2)C=CC1c1ccccc1. The van der Waals surface area contributed by atoms with E-state index in [2.05, 4.69) is 77.7 Å². The predicted octanol–water partition coefficient (Wildman–Crippen LogP) is 6.22. The van der Waals surface area contributed by atoms with Gasteiger partial charge < -0.3 is 14.0 Å². The third kappa shape index (κ3) is 6.43. The third-order valence-corrected chi connectivity index (χ3v) is 7.56. The normalized spacial score (nSPS) is 21.1. The Morgan fingerprint density at radius 1 is 1.15 bits per heavy atom. The smallest absolute Gasteiger partial charge is 0.307 e. The monoisotopic (exact) mass is 541 g/mol. The van der Waals surface area contributed by atoms with Gasteiger partial charge in [-0.25, -0.2) is 0 Å². The van der Waals surface area contributed by atoms with Crippen LogP contribution in [-0.4, -0.2) is 53.4 Å². The molecule has 2 aliphatic rings. The van der Waals surface area contributed by atoms with Gasteiger partial charge in [-0.15, -0.1) is 0 Å². The van der Waals surface area contributed by atoms with Crippen LogP contribution in [0.25, 0.3) is 17.0 Å². The summed E-state index contributed by atoms with van der Waals surface area (Å²) in [5, 5.41) is 4.33. The Labute approximate surface area is 236 Å². The lowest BCUT2D eigenvalue weighted by Crippen LogP contribution is -2.33. The number of ether oxygens (including phenoxy) is 2. The van der Waals surface area contributed by atoms with Gasteiger partial charge >= 0.3 is 5.97 Å². The first-order valence-electron chi connectivity index (χ1n) is 14.0. The summed E-state index contributed by atoms with van der Waals surface area (Å²) in [6.07, 6.45) is 7.80. The molecule has 2 unspecified atom stereocenters. The minimum absolute atomic E-state index is 0.158. The van der Waals surface area contributed by atoms with Gasteiger partial charge in [0.25, 0.3) is 5.89 Å². The van der Waals surface area contributed by atoms with Crippen LogP contribution in [0.3, 0.4) is 0 Å². The van der Waals surface area contributed by atoms with Crippen LogP contribution in [-0.2, 0) is 27.2 Å². The Morgan fingerprint density at radius 2 is 1.95 bits per heavy atom. The number of carbonyl (C=O) groups excluding carboxylic acids is 1. The number of nitrogens with zero attached hydrogens (tertiary/aromatic N) is 3. The van der Waals surface area contributed by atoms with Gasteiger partial charge in [0.15, 0.2) is 0 Å². The Kier molecular flexibility index (Phi) is 8.06. The van der Waals surface area contributed by atoms with Crippen LogP contribution in [0, 0.1) is 5.41 Å². The maximum absolute atomic E-state index is 12.2. The number of hydrogen-bond acceptors (Lipinski definition) is 7. The summed E-state index contributed by atoms with van der Waals surface area (Å²) >= 11 is 0. The molecule has 3 aromatic rings. The molecule has 0 amide bonds. The summed E-state index contributed by atoms with van der Waals surface area (Å²) in [5.41, 5.74) is 4.90. The first-order chi connectivity index (χ1) is 19.1. The zero-order valence-electron chi connectivity index (χ0n) is 24.1. The number of carbonyl (C=O) groups is 1. The van der Waals surface area contributed by atoms with Crippen molar-refractivity contribution in [2.45, 2.75) is 58.6 Å². The molecule has 1 aliphatic heterocycles. The molecule has 1 aliphatic carbocycles. The van der Waals surface area contributed by atoms with E-state index in [0.717, 1.165) is 30.6 Å². The van der Waals surface area contributed by atoms with Crippen LogP contribution in [0.4, 0.5) is 0 Å². The van der Waals surface area contributed by atoms with Crippen LogP contribution >= 0.6 is 0 Å². The van der Waals surface area contributed by atoms with Crippen LogP contribution in [0.15, 0.2) is 71.3 Å². The standard InChI is InChI=1S/C33H39N3O4/c1-32(2,3)39-29(37)16-18-36-17-15-23-11-12-25(19-27(23)21-36)30-34-31(40-35-30)26-13-14-28(24-9-7-6-8-10-24)33(4,20-26)22-38-5/h6-14,19-20,28H,15-18,21-22H2,1-5H3. The van der Waals surface area contributed by atoms with Crippen LogP contribution in [0.2, 0.25) is 0 Å². The van der Waals surface area contributed by atoms with Gasteiger partial charge in [-0.3, -0.25) is 9.69 Å². The van der Waals surface area contributed by atoms with Crippen molar-refractivity contribution >= 4 is 11.5 Å². The van der Waals surface area contributed by atoms with Crippen molar-refractivity contribution in [1.82, 2.24) is 15.0 Å². The lowest BCUT2D eigenvalue weighted by atomic mass is 9.70. The molecular formula is C33H39N3O4. The molecule has 0 bridgehead atoms. The molecule has 7 heteroatoms. The van der Waals surface area contributed by atoms with Crippen LogP contribution in [0.5, 0.6) is 0 Å². The zero-order valence-corrected chi connectivity index (χ0v) is 24.1. The lowest BCUT2D eigenvalue weighted by Gasteiger charge is -2.36. The maximum Gasteiger partial charge on any atom is 0.307 e. The van der Waals surface area contributed by atoms with Crippen molar-refractivity contribution in [3.05, 3.63) is 89.3 Å². The van der Waals surface area contributed by atoms with E-state index in [9.17, 15) is 4.79 Å². The molecule has 5 rings (SSSR count). The van der Waals surface area contributed by atoms with E-state index in [1.165, 1.54) is 16.7 Å². The summed E-state index contributed by atoms with van der Waals surface area (Å²) in [6.45, 7) is 10.8. The number of hydrogen-bond donors (Lipinski definition) is 0. The zero-order chi connectivity index (χ0) is 28.3. The van der Waals surface area contributed by atoms with Gasteiger partial charge in [0.2, 0.25) is 5.82 Å². The van der Waals surface area contributed by atoms with E-state index in [4.69, 9.17) is 19.0 Å². The van der Waals surface area contributed by atoms with Crippen LogP contribution in [0.1, 0.15) is 62.6 Å². The number of aromatic nitrogens is 2. The molecular weight excluding hydrogens is 502 g/mol. The number of esters is 1. The third-order valence-electron chi connectivity index (χ3n) is 7.56. The minimum atomic E-state index is -0.459. The minimum Gasteiger partial charge on any atom is -0.460 e. The molecule has 2 aromatic carbocycles. The van der Waals surface area contributed by atoms with Crippen molar-refractivity contribution in [2.24, 2.45) is 5.41 Å². The quantitative estimate of drug-likeness (QED) is 0.314. The van der Waals surface area contributed by atoms with Crippen molar-refractivity contribution in [1.29, 1.82) is 0 Å². The number of fused-ring (bicyclic) bond motifs is 1. The second kappa shape index (κ2) is 11.5. The van der Waals surface area contributed by atoms with E-state index in [0.29, 0.717) is 31.3 Å². The molecule has 0 N–H and O–H groups in total. The van der Waals surface area contributed by atoms with E-state index in [1.54, 1.807) is 7.11 Å². The molecule has 0 saturated heterocycles. The van der Waals surface area contributed by atoms with E-state index >= 15 is 0 Å². The first kappa shape index (κ1) is 28.0. The van der Waals surface area contributed by atoms with Crippen LogP contribution < -0.4 is 0 Å². The summed E-state index contributed by atoms with van der Waals surface area (Å²) in [5.74, 6) is 1.08. The topological polar surface area (TPSA) is 77.7 Å². The Hall–Kier alpha value is -3.55. The highest BCUT2D eigenvalue weighted by Crippen LogP contribution is 2.44. The molecule has 2 atom stereocenters. The van der Waals surface area contributed by atoms with Gasteiger partial charge in [-0.1, -0.05) is 72.8 Å². The average Bonchev–Trinajstić information content (AvgIpc) is 3.41. The second-order valence-corrected chi connectivity index (χ2v) is 12.1. The van der Waals surface area contributed by atoms with Gasteiger partial charge in [-0.05, 0) is 49.9 Å². The molecule has 0 radical (unpaired) electrons. The molecule has 7 nitrogen and oxygen atoms in total. The van der Waals surface area contributed by atoms with Gasteiger partial charge in [0.05, 0.1) is 13.0 Å². The van der Waals surface area contributed by atoms with E-state index < -0.39 is 5.60 Å². The van der Waals surface area contributed by atoms with Crippen molar-refractivity contribution < 1.29 is 18.8 Å². The number of rotatable bonds is 8. The average molecular weight is 542 g/mol. The molecule has 1 aromatic heterocycles. The molecule has 2 heterocycles. The highest BCUT2D eigenvalue weighted by atomic mass is 16.6. The van der Waals surface area contributed by atoms with Gasteiger partial charge in [-0.2, -0.15) is 4.98 Å². The number of methoxy groups -OCH3 is 1. The largest absolute Gasteiger partial charge is 0.460 e. The van der Waals surface area contributed by atoms with Gasteiger partial charge in [0.1, 0.15) is 5.60 Å². The van der Waals surface area contributed by atoms with Crippen molar-refractivity contribution in [3.63, 3.8) is 0 Å². The summed E-state index contributed by atoms with van der Waals surface area (Å²) in [6, 6.07) is 16.9. The first-order valence-corrected chi connectivity index (χ1v) is 14.0. The maximum atomic E-state index is 12.2. The van der Waals surface area contributed by atoms with Crippen molar-refractivity contribution in [2.75, 3.05) is 26.8 Å². The highest BCUT2D eigenvalue weighted by Gasteiger charge is 2.35. The number of allylic oxidation sites excluding steroid dienone is 3. The molecule has 40 heavy (non-hydrogen) atoms. The fraction of sp³-hybridized carbons (Fsp3) is 0.424. The fourth-order valence-corrected chi connectivity index (χ4v) is 5.69. The highest BCUT2D eigenvalue weighted by molar-refractivity contribution is 5.73. The predicted molar refractivity (Wildman–Crippen MR) is 155 cm³/mol. The van der Waals surface area contributed by atoms with Gasteiger partial charge in [0, 0.05) is 49.2 Å². The number of benzene rings is 2. The van der Waals surface area contributed by atoms with E-state index in [-0.39, 0.29) is 17.3 Å². The summed E-state index contributed by atoms with van der Waals surface area (Å²) in [4.78, 5) is 19.3. The second-order valence-electron chi connectivity index (χ2n) is 12.1. The van der Waals surface area contributed by atoms with Crippen molar-refractivity contribution in [3.8, 4) is 11.4 Å². The molecule has 0 fully saturated rings. The Balaban J connectivity index is 1.30. The lowest BCUT2D eigenvalue weighted by molar-refractivity contribution is -0.155. The fourth-order valence-electron chi connectivity index (χ4n) is 5.69. The Morgan fingerprint density at radius 3 is 2.70 bits per heavy atom. The Bertz CT molecular complexity index is 1400. The summed E-state index contributed by atoms with van der Waals surface area (Å²) in [7, 11) is 1.73.